The second-order valence-electron chi connectivity index (χ2n) is 9.62. The number of aromatic nitrogens is 2. The van der Waals surface area contributed by atoms with Crippen LogP contribution in [-0.2, 0) is 6.54 Å². The molecule has 0 saturated carbocycles. The Morgan fingerprint density at radius 3 is 2.76 bits per heavy atom. The van der Waals surface area contributed by atoms with Crippen molar-refractivity contribution in [1.82, 2.24) is 19.8 Å². The monoisotopic (exact) mass is 464 g/mol. The highest BCUT2D eigenvalue weighted by atomic mass is 16.5. The van der Waals surface area contributed by atoms with Gasteiger partial charge in [-0.3, -0.25) is 14.7 Å². The largest absolute Gasteiger partial charge is 0.472 e. The first kappa shape index (κ1) is 25.7. The van der Waals surface area contributed by atoms with Crippen molar-refractivity contribution in [3.63, 3.8) is 0 Å². The van der Waals surface area contributed by atoms with E-state index in [4.69, 9.17) is 4.74 Å². The minimum Gasteiger partial charge on any atom is -0.472 e. The molecule has 34 heavy (non-hydrogen) atoms. The number of pyridine rings is 2. The van der Waals surface area contributed by atoms with E-state index in [1.165, 1.54) is 0 Å². The van der Waals surface area contributed by atoms with E-state index >= 15 is 0 Å². The number of nitrogens with zero attached hydrogens (tertiary/aromatic N) is 4. The third kappa shape index (κ3) is 6.78. The van der Waals surface area contributed by atoms with E-state index in [9.17, 15) is 9.90 Å². The zero-order valence-electron chi connectivity index (χ0n) is 20.9. The quantitative estimate of drug-likeness (QED) is 0.634. The van der Waals surface area contributed by atoms with Gasteiger partial charge in [-0.1, -0.05) is 38.7 Å². The fraction of sp³-hybridized carbons (Fsp3) is 0.519. The molecular formula is C27H36N4O3. The van der Waals surface area contributed by atoms with Crippen LogP contribution >= 0.6 is 0 Å². The fourth-order valence-corrected chi connectivity index (χ4v) is 3.89. The van der Waals surface area contributed by atoms with E-state index in [1.54, 1.807) is 23.4 Å². The Hall–Kier alpha value is -2.95. The second-order valence-corrected chi connectivity index (χ2v) is 9.62. The number of aliphatic hydroxyl groups is 1. The number of carbonyl (C=O) groups is 1. The van der Waals surface area contributed by atoms with E-state index in [1.807, 2.05) is 32.2 Å². The summed E-state index contributed by atoms with van der Waals surface area (Å²) in [7, 11) is 2.03. The molecule has 1 amide bonds. The molecule has 182 valence electrons. The molecule has 0 bridgehead atoms. The summed E-state index contributed by atoms with van der Waals surface area (Å²) in [5.74, 6) is 6.90. The molecule has 1 N–H and O–H groups in total. The van der Waals surface area contributed by atoms with Gasteiger partial charge in [-0.05, 0) is 38.1 Å². The van der Waals surface area contributed by atoms with Gasteiger partial charge in [-0.15, -0.1) is 0 Å². The maximum absolute atomic E-state index is 13.5. The van der Waals surface area contributed by atoms with Crippen molar-refractivity contribution in [2.24, 2.45) is 11.8 Å². The average molecular weight is 465 g/mol. The number of hydrogen-bond donors (Lipinski definition) is 1. The highest BCUT2D eigenvalue weighted by Gasteiger charge is 2.34. The number of fused-ring (bicyclic) bond motifs is 1. The molecular weight excluding hydrogens is 428 g/mol. The number of ether oxygens (including phenoxy) is 1. The lowest BCUT2D eigenvalue weighted by Gasteiger charge is -2.37. The zero-order chi connectivity index (χ0) is 24.7. The first-order chi connectivity index (χ1) is 16.3. The number of carbonyl (C=O) groups excluding carboxylic acids is 1. The van der Waals surface area contributed by atoms with Gasteiger partial charge in [-0.25, -0.2) is 4.98 Å². The van der Waals surface area contributed by atoms with Crippen LogP contribution in [0.15, 0.2) is 36.7 Å². The van der Waals surface area contributed by atoms with Crippen LogP contribution in [0.1, 0.15) is 55.7 Å². The molecule has 7 nitrogen and oxygen atoms in total. The summed E-state index contributed by atoms with van der Waals surface area (Å²) in [4.78, 5) is 26.3. The van der Waals surface area contributed by atoms with Gasteiger partial charge in [-0.2, -0.15) is 0 Å². The molecule has 2 aromatic rings. The molecule has 2 aromatic heterocycles. The molecule has 0 aliphatic carbocycles. The lowest BCUT2D eigenvalue weighted by molar-refractivity contribution is 0.0324. The highest BCUT2D eigenvalue weighted by molar-refractivity contribution is 5.97. The van der Waals surface area contributed by atoms with Crippen LogP contribution in [0.5, 0.6) is 5.88 Å². The predicted molar refractivity (Wildman–Crippen MR) is 132 cm³/mol. The maximum Gasteiger partial charge on any atom is 0.259 e. The van der Waals surface area contributed by atoms with Crippen LogP contribution < -0.4 is 4.74 Å². The summed E-state index contributed by atoms with van der Waals surface area (Å²) in [5, 5.41) is 9.82. The first-order valence-corrected chi connectivity index (χ1v) is 11.9. The van der Waals surface area contributed by atoms with E-state index in [0.717, 1.165) is 12.1 Å². The van der Waals surface area contributed by atoms with Gasteiger partial charge in [0.25, 0.3) is 5.91 Å². The number of hydrogen-bond acceptors (Lipinski definition) is 6. The number of amides is 1. The van der Waals surface area contributed by atoms with Gasteiger partial charge in [0, 0.05) is 49.9 Å². The molecule has 0 unspecified atom stereocenters. The number of likely N-dealkylation sites (N-methyl/N-ethyl adjacent to an activating group) is 1. The first-order valence-electron chi connectivity index (χ1n) is 11.9. The maximum atomic E-state index is 13.5. The van der Waals surface area contributed by atoms with E-state index < -0.39 is 0 Å². The van der Waals surface area contributed by atoms with Crippen LogP contribution in [0.3, 0.4) is 0 Å². The Balaban J connectivity index is 1.89. The molecule has 3 rings (SSSR count). The van der Waals surface area contributed by atoms with Crippen molar-refractivity contribution in [3.8, 4) is 17.7 Å². The van der Waals surface area contributed by atoms with Gasteiger partial charge in [0.15, 0.2) is 0 Å². The lowest BCUT2D eigenvalue weighted by Crippen LogP contribution is -2.49. The second kappa shape index (κ2) is 12.0. The highest BCUT2D eigenvalue weighted by Crippen LogP contribution is 2.27. The Morgan fingerprint density at radius 2 is 2.09 bits per heavy atom. The predicted octanol–water partition coefficient (Wildman–Crippen LogP) is 3.23. The van der Waals surface area contributed by atoms with Crippen molar-refractivity contribution in [2.75, 3.05) is 26.7 Å². The smallest absolute Gasteiger partial charge is 0.259 e. The van der Waals surface area contributed by atoms with Gasteiger partial charge in [0.05, 0.1) is 18.3 Å². The van der Waals surface area contributed by atoms with E-state index in [2.05, 4.69) is 47.5 Å². The molecule has 3 atom stereocenters. The number of aliphatic hydroxyl groups excluding tert-OH is 1. The summed E-state index contributed by atoms with van der Waals surface area (Å²) in [6.45, 7) is 9.86. The summed E-state index contributed by atoms with van der Waals surface area (Å²) >= 11 is 0. The van der Waals surface area contributed by atoms with Crippen LogP contribution in [-0.4, -0.2) is 69.7 Å². The van der Waals surface area contributed by atoms with Gasteiger partial charge in [0.2, 0.25) is 5.88 Å². The third-order valence-corrected chi connectivity index (χ3v) is 5.91. The van der Waals surface area contributed by atoms with Crippen LogP contribution in [0.25, 0.3) is 0 Å². The topological polar surface area (TPSA) is 78.8 Å². The normalized spacial score (nSPS) is 19.1. The fourth-order valence-electron chi connectivity index (χ4n) is 3.89. The summed E-state index contributed by atoms with van der Waals surface area (Å²) < 4.78 is 6.36. The Kier molecular flexibility index (Phi) is 9.03. The minimum atomic E-state index is -0.316. The van der Waals surface area contributed by atoms with Gasteiger partial charge < -0.3 is 14.7 Å². The Bertz CT molecular complexity index is 1020. The standard InChI is InChI=1S/C27H36N4O3/c1-19(2)9-8-10-22-13-24-26(29-14-22)34-25(17-30(5)16-23-11-6-7-12-28-23)20(3)15-31(27(24)33)21(4)18-32/h6-7,11-14,19-21,25,32H,9,15-18H2,1-5H3/t20-,21-,25+/m0/s1. The molecule has 0 aromatic carbocycles. The van der Waals surface area contributed by atoms with Crippen molar-refractivity contribution >= 4 is 5.91 Å². The van der Waals surface area contributed by atoms with Crippen molar-refractivity contribution in [1.29, 1.82) is 0 Å². The Labute approximate surface area is 203 Å². The molecule has 0 spiro atoms. The zero-order valence-corrected chi connectivity index (χ0v) is 20.9. The Morgan fingerprint density at radius 1 is 1.29 bits per heavy atom. The van der Waals surface area contributed by atoms with E-state index in [-0.39, 0.29) is 30.6 Å². The molecule has 0 saturated heterocycles. The van der Waals surface area contributed by atoms with Crippen LogP contribution in [0.2, 0.25) is 0 Å². The van der Waals surface area contributed by atoms with Crippen molar-refractivity contribution in [3.05, 3.63) is 53.5 Å². The van der Waals surface area contributed by atoms with Gasteiger partial charge in [0.1, 0.15) is 11.7 Å². The molecule has 3 heterocycles. The van der Waals surface area contributed by atoms with Gasteiger partial charge >= 0.3 is 0 Å². The van der Waals surface area contributed by atoms with Crippen molar-refractivity contribution < 1.29 is 14.6 Å². The van der Waals surface area contributed by atoms with Crippen molar-refractivity contribution in [2.45, 2.75) is 52.8 Å². The number of rotatable bonds is 7. The SMILES string of the molecule is CC(C)CC#Cc1cnc2c(c1)C(=O)N([C@@H](C)CO)C[C@H](C)[C@@H](CN(C)Cc1ccccn1)O2. The molecule has 7 heteroatoms. The molecule has 0 fully saturated rings. The minimum absolute atomic E-state index is 0.0320. The van der Waals surface area contributed by atoms with E-state index in [0.29, 0.717) is 42.6 Å². The summed E-state index contributed by atoms with van der Waals surface area (Å²) in [6.07, 6.45) is 4.04. The lowest BCUT2D eigenvalue weighted by atomic mass is 10.00. The average Bonchev–Trinajstić information content (AvgIpc) is 2.81. The van der Waals surface area contributed by atoms with Crippen LogP contribution in [0, 0.1) is 23.7 Å². The molecule has 1 aliphatic heterocycles. The summed E-state index contributed by atoms with van der Waals surface area (Å²) in [5.41, 5.74) is 2.06. The molecule has 1 aliphatic rings. The summed E-state index contributed by atoms with van der Waals surface area (Å²) in [6, 6.07) is 7.33. The molecule has 0 radical (unpaired) electrons. The third-order valence-electron chi connectivity index (χ3n) is 5.91. The van der Waals surface area contributed by atoms with Crippen LogP contribution in [0.4, 0.5) is 0 Å².